The van der Waals surface area contributed by atoms with Crippen LogP contribution in [0.2, 0.25) is 0 Å². The normalized spacial score (nSPS) is 16.4. The first-order chi connectivity index (χ1) is 10.3. The van der Waals surface area contributed by atoms with Gasteiger partial charge in [-0.3, -0.25) is 4.79 Å². The van der Waals surface area contributed by atoms with Crippen LogP contribution in [-0.2, 0) is 11.3 Å². The van der Waals surface area contributed by atoms with E-state index in [1.807, 2.05) is 30.3 Å². The first kappa shape index (κ1) is 16.4. The number of rotatable bonds is 7. The Bertz CT molecular complexity index is 403. The fraction of sp³-hybridized carbons (Fsp3) is 0.588. The van der Waals surface area contributed by atoms with Crippen LogP contribution in [0.5, 0.6) is 0 Å². The zero-order chi connectivity index (χ0) is 14.8. The standard InChI is InChI=1S/C17H26N2OS/c20-17(18-14-16-8-4-3-5-9-16)15-21-13-12-19-10-6-1-2-7-11-19/h3-5,8-9H,1-2,6-7,10-15H2,(H,18,20). The van der Waals surface area contributed by atoms with Crippen molar-refractivity contribution in [2.75, 3.05) is 31.1 Å². The van der Waals surface area contributed by atoms with Crippen LogP contribution in [0, 0.1) is 0 Å². The fourth-order valence-electron chi connectivity index (χ4n) is 2.57. The van der Waals surface area contributed by atoms with Gasteiger partial charge in [-0.15, -0.1) is 0 Å². The van der Waals surface area contributed by atoms with Crippen LogP contribution >= 0.6 is 11.8 Å². The van der Waals surface area contributed by atoms with E-state index in [9.17, 15) is 4.79 Å². The van der Waals surface area contributed by atoms with Crippen LogP contribution < -0.4 is 5.32 Å². The minimum Gasteiger partial charge on any atom is -0.351 e. The molecule has 0 atom stereocenters. The van der Waals surface area contributed by atoms with E-state index < -0.39 is 0 Å². The zero-order valence-electron chi connectivity index (χ0n) is 12.7. The third-order valence-electron chi connectivity index (χ3n) is 3.82. The van der Waals surface area contributed by atoms with Crippen molar-refractivity contribution in [1.29, 1.82) is 0 Å². The van der Waals surface area contributed by atoms with Gasteiger partial charge in [0.05, 0.1) is 5.75 Å². The predicted molar refractivity (Wildman–Crippen MR) is 90.5 cm³/mol. The average Bonchev–Trinajstić information content (AvgIpc) is 2.79. The molecule has 3 nitrogen and oxygen atoms in total. The molecule has 0 aliphatic carbocycles. The Morgan fingerprint density at radius 1 is 1.10 bits per heavy atom. The molecule has 21 heavy (non-hydrogen) atoms. The summed E-state index contributed by atoms with van der Waals surface area (Å²) in [6, 6.07) is 10.1. The zero-order valence-corrected chi connectivity index (χ0v) is 13.5. The van der Waals surface area contributed by atoms with E-state index in [0.29, 0.717) is 12.3 Å². The van der Waals surface area contributed by atoms with Gasteiger partial charge in [0.25, 0.3) is 0 Å². The maximum absolute atomic E-state index is 11.8. The molecule has 0 radical (unpaired) electrons. The van der Waals surface area contributed by atoms with E-state index in [0.717, 1.165) is 17.9 Å². The Kier molecular flexibility index (Phi) is 7.68. The topological polar surface area (TPSA) is 32.3 Å². The molecule has 0 spiro atoms. The molecule has 1 aromatic rings. The van der Waals surface area contributed by atoms with E-state index in [2.05, 4.69) is 10.2 Å². The third kappa shape index (κ3) is 7.00. The molecule has 1 fully saturated rings. The van der Waals surface area contributed by atoms with Gasteiger partial charge in [0, 0.05) is 18.8 Å². The number of nitrogens with one attached hydrogen (secondary N) is 1. The summed E-state index contributed by atoms with van der Waals surface area (Å²) < 4.78 is 0. The van der Waals surface area contributed by atoms with E-state index in [1.165, 1.54) is 38.8 Å². The molecule has 0 saturated carbocycles. The maximum atomic E-state index is 11.8. The second kappa shape index (κ2) is 9.85. The number of benzene rings is 1. The van der Waals surface area contributed by atoms with E-state index in [1.54, 1.807) is 11.8 Å². The summed E-state index contributed by atoms with van der Waals surface area (Å²) in [4.78, 5) is 14.3. The Labute approximate surface area is 132 Å². The molecule has 116 valence electrons. The Morgan fingerprint density at radius 2 is 1.81 bits per heavy atom. The van der Waals surface area contributed by atoms with Crippen molar-refractivity contribution >= 4 is 17.7 Å². The summed E-state index contributed by atoms with van der Waals surface area (Å²) in [5, 5.41) is 2.97. The van der Waals surface area contributed by atoms with E-state index in [4.69, 9.17) is 0 Å². The monoisotopic (exact) mass is 306 g/mol. The Morgan fingerprint density at radius 3 is 2.52 bits per heavy atom. The minimum atomic E-state index is 0.139. The van der Waals surface area contributed by atoms with Gasteiger partial charge in [0.1, 0.15) is 0 Å². The van der Waals surface area contributed by atoms with Crippen molar-refractivity contribution in [2.45, 2.75) is 32.2 Å². The number of hydrogen-bond acceptors (Lipinski definition) is 3. The Balaban J connectivity index is 1.52. The van der Waals surface area contributed by atoms with Crippen LogP contribution in [-0.4, -0.2) is 41.9 Å². The highest BCUT2D eigenvalue weighted by Crippen LogP contribution is 2.10. The van der Waals surface area contributed by atoms with Crippen molar-refractivity contribution in [3.05, 3.63) is 35.9 Å². The molecule has 1 aliphatic rings. The van der Waals surface area contributed by atoms with Crippen molar-refractivity contribution in [3.63, 3.8) is 0 Å². The molecule has 0 bridgehead atoms. The lowest BCUT2D eigenvalue weighted by Gasteiger charge is -2.19. The van der Waals surface area contributed by atoms with Crippen molar-refractivity contribution in [1.82, 2.24) is 10.2 Å². The van der Waals surface area contributed by atoms with Crippen LogP contribution in [0.25, 0.3) is 0 Å². The first-order valence-electron chi connectivity index (χ1n) is 7.95. The quantitative estimate of drug-likeness (QED) is 0.786. The summed E-state index contributed by atoms with van der Waals surface area (Å²) in [5.41, 5.74) is 1.15. The lowest BCUT2D eigenvalue weighted by Crippen LogP contribution is -2.28. The first-order valence-corrected chi connectivity index (χ1v) is 9.11. The highest BCUT2D eigenvalue weighted by molar-refractivity contribution is 7.99. The number of hydrogen-bond donors (Lipinski definition) is 1. The second-order valence-electron chi connectivity index (χ2n) is 5.57. The second-order valence-corrected chi connectivity index (χ2v) is 6.68. The van der Waals surface area contributed by atoms with Crippen molar-refractivity contribution in [2.24, 2.45) is 0 Å². The van der Waals surface area contributed by atoms with Gasteiger partial charge in [0.2, 0.25) is 5.91 Å². The molecule has 1 saturated heterocycles. The van der Waals surface area contributed by atoms with Gasteiger partial charge in [-0.05, 0) is 31.5 Å². The minimum absolute atomic E-state index is 0.139. The van der Waals surface area contributed by atoms with Gasteiger partial charge in [-0.1, -0.05) is 43.2 Å². The number of likely N-dealkylation sites (tertiary alicyclic amines) is 1. The number of carbonyl (C=O) groups excluding carboxylic acids is 1. The van der Waals surface area contributed by atoms with Crippen LogP contribution in [0.3, 0.4) is 0 Å². The number of amides is 1. The summed E-state index contributed by atoms with van der Waals surface area (Å²) in [5.74, 6) is 1.76. The lowest BCUT2D eigenvalue weighted by atomic mass is 10.2. The van der Waals surface area contributed by atoms with Gasteiger partial charge in [-0.25, -0.2) is 0 Å². The van der Waals surface area contributed by atoms with E-state index in [-0.39, 0.29) is 5.91 Å². The largest absolute Gasteiger partial charge is 0.351 e. The molecular weight excluding hydrogens is 280 g/mol. The molecule has 1 amide bonds. The van der Waals surface area contributed by atoms with Gasteiger partial charge in [-0.2, -0.15) is 11.8 Å². The SMILES string of the molecule is O=C(CSCCN1CCCCCC1)NCc1ccccc1. The highest BCUT2D eigenvalue weighted by atomic mass is 32.2. The Hall–Kier alpha value is -1.00. The van der Waals surface area contributed by atoms with Crippen LogP contribution in [0.1, 0.15) is 31.2 Å². The van der Waals surface area contributed by atoms with E-state index >= 15 is 0 Å². The maximum Gasteiger partial charge on any atom is 0.230 e. The molecule has 1 aliphatic heterocycles. The molecule has 0 unspecified atom stereocenters. The molecule has 4 heteroatoms. The van der Waals surface area contributed by atoms with Crippen LogP contribution in [0.15, 0.2) is 30.3 Å². The summed E-state index contributed by atoms with van der Waals surface area (Å²) in [6.45, 7) is 4.23. The molecule has 1 N–H and O–H groups in total. The van der Waals surface area contributed by atoms with Crippen LogP contribution in [0.4, 0.5) is 0 Å². The summed E-state index contributed by atoms with van der Waals surface area (Å²) >= 11 is 1.74. The van der Waals surface area contributed by atoms with Crippen molar-refractivity contribution < 1.29 is 4.79 Å². The number of thioether (sulfide) groups is 1. The lowest BCUT2D eigenvalue weighted by molar-refractivity contribution is -0.118. The predicted octanol–water partition coefficient (Wildman–Crippen LogP) is 2.91. The highest BCUT2D eigenvalue weighted by Gasteiger charge is 2.08. The molecule has 0 aromatic heterocycles. The molecule has 1 heterocycles. The smallest absolute Gasteiger partial charge is 0.230 e. The average molecular weight is 306 g/mol. The molecular formula is C17H26N2OS. The fourth-order valence-corrected chi connectivity index (χ4v) is 3.38. The molecule has 2 rings (SSSR count). The van der Waals surface area contributed by atoms with Gasteiger partial charge < -0.3 is 10.2 Å². The molecule has 1 aromatic carbocycles. The van der Waals surface area contributed by atoms with Crippen molar-refractivity contribution in [3.8, 4) is 0 Å². The third-order valence-corrected chi connectivity index (χ3v) is 4.75. The van der Waals surface area contributed by atoms with Gasteiger partial charge in [0.15, 0.2) is 0 Å². The van der Waals surface area contributed by atoms with Gasteiger partial charge >= 0.3 is 0 Å². The number of nitrogens with zero attached hydrogens (tertiary/aromatic N) is 1. The number of carbonyl (C=O) groups is 1. The summed E-state index contributed by atoms with van der Waals surface area (Å²) in [7, 11) is 0. The summed E-state index contributed by atoms with van der Waals surface area (Å²) in [6.07, 6.45) is 5.43.